The van der Waals surface area contributed by atoms with Crippen LogP contribution in [0.5, 0.6) is 0 Å². The largest absolute Gasteiger partial charge is 0.378 e. The van der Waals surface area contributed by atoms with Crippen molar-refractivity contribution in [2.45, 2.75) is 27.7 Å². The van der Waals surface area contributed by atoms with Gasteiger partial charge in [-0.3, -0.25) is 4.79 Å². The summed E-state index contributed by atoms with van der Waals surface area (Å²) in [6.45, 7) is 11.7. The first kappa shape index (κ1) is 10.9. The molecule has 0 aromatic rings. The van der Waals surface area contributed by atoms with Crippen LogP contribution in [0.2, 0.25) is 0 Å². The van der Waals surface area contributed by atoms with Crippen molar-refractivity contribution >= 4 is 5.91 Å². The predicted octanol–water partition coefficient (Wildman–Crippen LogP) is 1.53. The van der Waals surface area contributed by atoms with Crippen molar-refractivity contribution in [2.24, 2.45) is 16.7 Å². The number of morpholine rings is 1. The van der Waals surface area contributed by atoms with Crippen LogP contribution in [-0.2, 0) is 9.53 Å². The molecule has 1 heterocycles. The number of ether oxygens (including phenoxy) is 1. The summed E-state index contributed by atoms with van der Waals surface area (Å²) in [4.78, 5) is 14.2. The lowest BCUT2D eigenvalue weighted by Crippen LogP contribution is -2.42. The Kier molecular flexibility index (Phi) is 2.34. The van der Waals surface area contributed by atoms with Crippen LogP contribution in [0.15, 0.2) is 0 Å². The van der Waals surface area contributed by atoms with E-state index in [-0.39, 0.29) is 16.7 Å². The third-order valence-corrected chi connectivity index (χ3v) is 4.59. The van der Waals surface area contributed by atoms with Gasteiger partial charge in [-0.2, -0.15) is 0 Å². The van der Waals surface area contributed by atoms with E-state index in [1.807, 2.05) is 4.90 Å². The Labute approximate surface area is 91.8 Å². The standard InChI is InChI=1S/C12H21NO2/c1-11(2)9(12(11,3)4)10(14)13-5-7-15-8-6-13/h9H,5-8H2,1-4H3. The Hall–Kier alpha value is -0.570. The molecule has 15 heavy (non-hydrogen) atoms. The van der Waals surface area contributed by atoms with Gasteiger partial charge >= 0.3 is 0 Å². The van der Waals surface area contributed by atoms with E-state index in [1.165, 1.54) is 0 Å². The molecule has 0 spiro atoms. The molecule has 2 rings (SSSR count). The van der Waals surface area contributed by atoms with E-state index < -0.39 is 0 Å². The van der Waals surface area contributed by atoms with E-state index in [4.69, 9.17) is 4.74 Å². The maximum atomic E-state index is 12.3. The molecule has 0 atom stereocenters. The van der Waals surface area contributed by atoms with Crippen LogP contribution in [0.1, 0.15) is 27.7 Å². The molecule has 1 amide bonds. The van der Waals surface area contributed by atoms with Gasteiger partial charge < -0.3 is 9.64 Å². The van der Waals surface area contributed by atoms with Gasteiger partial charge in [0.2, 0.25) is 5.91 Å². The summed E-state index contributed by atoms with van der Waals surface area (Å²) < 4.78 is 5.26. The van der Waals surface area contributed by atoms with Crippen molar-refractivity contribution in [1.82, 2.24) is 4.90 Å². The minimum atomic E-state index is 0.155. The molecule has 86 valence electrons. The van der Waals surface area contributed by atoms with Crippen LogP contribution in [0.3, 0.4) is 0 Å². The van der Waals surface area contributed by atoms with Crippen molar-refractivity contribution in [2.75, 3.05) is 26.3 Å². The van der Waals surface area contributed by atoms with E-state index in [9.17, 15) is 4.79 Å². The second-order valence-electron chi connectivity index (χ2n) is 5.81. The zero-order valence-corrected chi connectivity index (χ0v) is 10.2. The van der Waals surface area contributed by atoms with Gasteiger partial charge in [-0.05, 0) is 10.8 Å². The Morgan fingerprint density at radius 2 is 1.60 bits per heavy atom. The number of hydrogen-bond acceptors (Lipinski definition) is 2. The average molecular weight is 211 g/mol. The predicted molar refractivity (Wildman–Crippen MR) is 58.5 cm³/mol. The highest BCUT2D eigenvalue weighted by Gasteiger charge is 2.68. The topological polar surface area (TPSA) is 29.5 Å². The first-order valence-electron chi connectivity index (χ1n) is 5.75. The lowest BCUT2D eigenvalue weighted by atomic mass is 10.0. The molecule has 1 aliphatic carbocycles. The first-order valence-corrected chi connectivity index (χ1v) is 5.75. The van der Waals surface area contributed by atoms with Crippen LogP contribution in [-0.4, -0.2) is 37.1 Å². The van der Waals surface area contributed by atoms with Crippen molar-refractivity contribution in [3.63, 3.8) is 0 Å². The van der Waals surface area contributed by atoms with E-state index in [1.54, 1.807) is 0 Å². The number of nitrogens with zero attached hydrogens (tertiary/aromatic N) is 1. The minimum Gasteiger partial charge on any atom is -0.378 e. The second-order valence-corrected chi connectivity index (χ2v) is 5.81. The molecule has 1 saturated heterocycles. The molecule has 0 bridgehead atoms. The third-order valence-electron chi connectivity index (χ3n) is 4.59. The third kappa shape index (κ3) is 1.48. The normalized spacial score (nSPS) is 28.9. The van der Waals surface area contributed by atoms with Crippen LogP contribution >= 0.6 is 0 Å². The van der Waals surface area contributed by atoms with Gasteiger partial charge in [0, 0.05) is 19.0 Å². The van der Waals surface area contributed by atoms with Gasteiger partial charge in [0.1, 0.15) is 0 Å². The van der Waals surface area contributed by atoms with E-state index >= 15 is 0 Å². The molecule has 2 aliphatic rings. The van der Waals surface area contributed by atoms with Crippen LogP contribution in [0, 0.1) is 16.7 Å². The van der Waals surface area contributed by atoms with Gasteiger partial charge in [0.05, 0.1) is 13.2 Å². The van der Waals surface area contributed by atoms with E-state index in [0.717, 1.165) is 13.1 Å². The molecule has 0 unspecified atom stereocenters. The van der Waals surface area contributed by atoms with Crippen molar-refractivity contribution in [3.8, 4) is 0 Å². The van der Waals surface area contributed by atoms with Crippen LogP contribution in [0.4, 0.5) is 0 Å². The highest BCUT2D eigenvalue weighted by molar-refractivity contribution is 5.84. The number of carbonyl (C=O) groups excluding carboxylic acids is 1. The lowest BCUT2D eigenvalue weighted by molar-refractivity contribution is -0.137. The summed E-state index contributed by atoms with van der Waals surface area (Å²) in [7, 11) is 0. The summed E-state index contributed by atoms with van der Waals surface area (Å²) in [5.74, 6) is 0.524. The SMILES string of the molecule is CC1(C)C(C(=O)N2CCOCC2)C1(C)C. The first-order chi connectivity index (χ1) is 6.89. The molecule has 0 aromatic heterocycles. The molecule has 1 aliphatic heterocycles. The van der Waals surface area contributed by atoms with Gasteiger partial charge in [0.15, 0.2) is 0 Å². The molecular weight excluding hydrogens is 190 g/mol. The summed E-state index contributed by atoms with van der Waals surface area (Å²) >= 11 is 0. The number of amides is 1. The van der Waals surface area contributed by atoms with Crippen molar-refractivity contribution < 1.29 is 9.53 Å². The molecule has 2 fully saturated rings. The zero-order valence-electron chi connectivity index (χ0n) is 10.2. The maximum absolute atomic E-state index is 12.3. The number of hydrogen-bond donors (Lipinski definition) is 0. The smallest absolute Gasteiger partial charge is 0.226 e. The summed E-state index contributed by atoms with van der Waals surface area (Å²) in [5.41, 5.74) is 0.310. The molecule has 1 saturated carbocycles. The fourth-order valence-corrected chi connectivity index (χ4v) is 2.78. The molecule has 3 nitrogen and oxygen atoms in total. The zero-order chi connectivity index (χ0) is 11.3. The molecule has 3 heteroatoms. The monoisotopic (exact) mass is 211 g/mol. The summed E-state index contributed by atoms with van der Waals surface area (Å²) in [6, 6.07) is 0. The Morgan fingerprint density at radius 1 is 1.13 bits per heavy atom. The van der Waals surface area contributed by atoms with Gasteiger partial charge in [-0.15, -0.1) is 0 Å². The van der Waals surface area contributed by atoms with Gasteiger partial charge in [-0.25, -0.2) is 0 Å². The second kappa shape index (κ2) is 3.21. The average Bonchev–Trinajstić information content (AvgIpc) is 2.58. The van der Waals surface area contributed by atoms with Crippen molar-refractivity contribution in [1.29, 1.82) is 0 Å². The van der Waals surface area contributed by atoms with Gasteiger partial charge in [0.25, 0.3) is 0 Å². The quantitative estimate of drug-likeness (QED) is 0.658. The Bertz CT molecular complexity index is 263. The fourth-order valence-electron chi connectivity index (χ4n) is 2.78. The van der Waals surface area contributed by atoms with E-state index in [2.05, 4.69) is 27.7 Å². The van der Waals surface area contributed by atoms with Crippen molar-refractivity contribution in [3.05, 3.63) is 0 Å². The lowest BCUT2D eigenvalue weighted by Gasteiger charge is -2.27. The molecular formula is C12H21NO2. The molecule has 0 N–H and O–H groups in total. The van der Waals surface area contributed by atoms with E-state index in [0.29, 0.717) is 19.1 Å². The molecule has 0 radical (unpaired) electrons. The Morgan fingerprint density at radius 3 is 2.00 bits per heavy atom. The molecule has 0 aromatic carbocycles. The Balaban J connectivity index is 2.04. The fraction of sp³-hybridized carbons (Fsp3) is 0.917. The van der Waals surface area contributed by atoms with Crippen LogP contribution in [0.25, 0.3) is 0 Å². The number of carbonyl (C=O) groups is 1. The van der Waals surface area contributed by atoms with Crippen LogP contribution < -0.4 is 0 Å². The highest BCUT2D eigenvalue weighted by atomic mass is 16.5. The maximum Gasteiger partial charge on any atom is 0.226 e. The summed E-state index contributed by atoms with van der Waals surface area (Å²) in [5, 5.41) is 0. The number of rotatable bonds is 1. The summed E-state index contributed by atoms with van der Waals surface area (Å²) in [6.07, 6.45) is 0. The van der Waals surface area contributed by atoms with Gasteiger partial charge in [-0.1, -0.05) is 27.7 Å². The minimum absolute atomic E-state index is 0.155. The highest BCUT2D eigenvalue weighted by Crippen LogP contribution is 2.68.